The van der Waals surface area contributed by atoms with Crippen molar-refractivity contribution >= 4 is 5.91 Å². The van der Waals surface area contributed by atoms with Crippen LogP contribution in [-0.2, 0) is 11.2 Å². The molecule has 0 spiro atoms. The highest BCUT2D eigenvalue weighted by Gasteiger charge is 2.07. The number of aryl methyl sites for hydroxylation is 1. The van der Waals surface area contributed by atoms with E-state index in [0.717, 1.165) is 22.6 Å². The number of hydrogen-bond donors (Lipinski definition) is 1. The van der Waals surface area contributed by atoms with Gasteiger partial charge in [0.15, 0.2) is 18.1 Å². The molecular formula is C21H27NO4. The largest absolute Gasteiger partial charge is 0.490 e. The topological polar surface area (TPSA) is 56.8 Å². The molecule has 0 radical (unpaired) electrons. The molecule has 0 aliphatic rings. The minimum Gasteiger partial charge on any atom is -0.490 e. The molecule has 0 bridgehead atoms. The fraction of sp³-hybridized carbons (Fsp3) is 0.381. The molecule has 1 amide bonds. The molecule has 26 heavy (non-hydrogen) atoms. The number of ether oxygens (including phenoxy) is 3. The summed E-state index contributed by atoms with van der Waals surface area (Å²) in [5.74, 6) is 2.04. The van der Waals surface area contributed by atoms with Gasteiger partial charge in [-0.1, -0.05) is 23.8 Å². The second-order valence-electron chi connectivity index (χ2n) is 5.85. The summed E-state index contributed by atoms with van der Waals surface area (Å²) in [6, 6.07) is 13.5. The van der Waals surface area contributed by atoms with Gasteiger partial charge in [0.25, 0.3) is 5.91 Å². The molecule has 0 saturated carbocycles. The van der Waals surface area contributed by atoms with Crippen LogP contribution >= 0.6 is 0 Å². The first kappa shape index (κ1) is 19.6. The van der Waals surface area contributed by atoms with Crippen molar-refractivity contribution in [2.75, 3.05) is 26.4 Å². The van der Waals surface area contributed by atoms with Crippen molar-refractivity contribution in [3.8, 4) is 17.2 Å². The Hall–Kier alpha value is -2.69. The van der Waals surface area contributed by atoms with Crippen LogP contribution in [-0.4, -0.2) is 32.3 Å². The molecular weight excluding hydrogens is 330 g/mol. The third-order valence-electron chi connectivity index (χ3n) is 3.73. The summed E-state index contributed by atoms with van der Waals surface area (Å²) >= 11 is 0. The highest BCUT2D eigenvalue weighted by atomic mass is 16.5. The zero-order chi connectivity index (χ0) is 18.8. The molecule has 2 rings (SSSR count). The lowest BCUT2D eigenvalue weighted by Gasteiger charge is -2.13. The third-order valence-corrected chi connectivity index (χ3v) is 3.73. The van der Waals surface area contributed by atoms with Crippen LogP contribution in [0.15, 0.2) is 42.5 Å². The van der Waals surface area contributed by atoms with Gasteiger partial charge in [-0.3, -0.25) is 4.79 Å². The van der Waals surface area contributed by atoms with Crippen LogP contribution in [0.2, 0.25) is 0 Å². The molecule has 5 heteroatoms. The van der Waals surface area contributed by atoms with Crippen molar-refractivity contribution in [3.05, 3.63) is 53.6 Å². The Morgan fingerprint density at radius 2 is 1.62 bits per heavy atom. The summed E-state index contributed by atoms with van der Waals surface area (Å²) in [7, 11) is 0. The van der Waals surface area contributed by atoms with Crippen LogP contribution in [0.3, 0.4) is 0 Å². The van der Waals surface area contributed by atoms with Crippen molar-refractivity contribution in [3.63, 3.8) is 0 Å². The number of nitrogens with one attached hydrogen (secondary N) is 1. The van der Waals surface area contributed by atoms with E-state index in [1.165, 1.54) is 0 Å². The molecule has 0 aliphatic carbocycles. The Morgan fingerprint density at radius 3 is 2.31 bits per heavy atom. The standard InChI is InChI=1S/C21H27NO4/c1-4-24-19-11-8-17(14-20(19)25-5-2)12-13-22-21(23)15-26-18-9-6-16(3)7-10-18/h6-11,14H,4-5,12-13,15H2,1-3H3,(H,22,23). The Kier molecular flexibility index (Phi) is 7.80. The van der Waals surface area contributed by atoms with E-state index < -0.39 is 0 Å². The number of carbonyl (C=O) groups is 1. The molecule has 0 fully saturated rings. The molecule has 1 N–H and O–H groups in total. The minimum absolute atomic E-state index is 0.0105. The van der Waals surface area contributed by atoms with Crippen LogP contribution in [0.4, 0.5) is 0 Å². The van der Waals surface area contributed by atoms with E-state index in [-0.39, 0.29) is 12.5 Å². The average molecular weight is 357 g/mol. The maximum atomic E-state index is 11.9. The van der Waals surface area contributed by atoms with Crippen molar-refractivity contribution < 1.29 is 19.0 Å². The van der Waals surface area contributed by atoms with Gasteiger partial charge in [-0.15, -0.1) is 0 Å². The summed E-state index contributed by atoms with van der Waals surface area (Å²) in [5, 5.41) is 2.87. The summed E-state index contributed by atoms with van der Waals surface area (Å²) in [5.41, 5.74) is 2.24. The molecule has 0 aliphatic heterocycles. The van der Waals surface area contributed by atoms with E-state index in [0.29, 0.717) is 31.9 Å². The van der Waals surface area contributed by atoms with E-state index in [2.05, 4.69) is 5.32 Å². The van der Waals surface area contributed by atoms with Gasteiger partial charge in [0.1, 0.15) is 5.75 Å². The van der Waals surface area contributed by atoms with Gasteiger partial charge in [-0.25, -0.2) is 0 Å². The monoisotopic (exact) mass is 357 g/mol. The first-order valence-electron chi connectivity index (χ1n) is 8.97. The first-order valence-corrected chi connectivity index (χ1v) is 8.97. The number of benzene rings is 2. The second-order valence-corrected chi connectivity index (χ2v) is 5.85. The Labute approximate surface area is 155 Å². The lowest BCUT2D eigenvalue weighted by molar-refractivity contribution is -0.123. The van der Waals surface area contributed by atoms with Gasteiger partial charge in [0.2, 0.25) is 0 Å². The average Bonchev–Trinajstić information content (AvgIpc) is 2.64. The van der Waals surface area contributed by atoms with Crippen LogP contribution in [0.25, 0.3) is 0 Å². The SMILES string of the molecule is CCOc1ccc(CCNC(=O)COc2ccc(C)cc2)cc1OCC. The van der Waals surface area contributed by atoms with Crippen LogP contribution in [0, 0.1) is 6.92 Å². The molecule has 0 atom stereocenters. The summed E-state index contributed by atoms with van der Waals surface area (Å²) in [4.78, 5) is 11.9. The molecule has 0 unspecified atom stereocenters. The Balaban J connectivity index is 1.78. The molecule has 0 saturated heterocycles. The zero-order valence-electron chi connectivity index (χ0n) is 15.7. The van der Waals surface area contributed by atoms with Crippen molar-refractivity contribution in [1.82, 2.24) is 5.32 Å². The number of hydrogen-bond acceptors (Lipinski definition) is 4. The molecule has 0 heterocycles. The highest BCUT2D eigenvalue weighted by molar-refractivity contribution is 5.77. The van der Waals surface area contributed by atoms with Gasteiger partial charge in [-0.2, -0.15) is 0 Å². The van der Waals surface area contributed by atoms with Gasteiger partial charge in [0, 0.05) is 6.54 Å². The zero-order valence-corrected chi connectivity index (χ0v) is 15.7. The normalized spacial score (nSPS) is 10.3. The van der Waals surface area contributed by atoms with Crippen molar-refractivity contribution in [2.45, 2.75) is 27.2 Å². The maximum absolute atomic E-state index is 11.9. The maximum Gasteiger partial charge on any atom is 0.257 e. The van der Waals surface area contributed by atoms with Crippen molar-refractivity contribution in [2.24, 2.45) is 0 Å². The van der Waals surface area contributed by atoms with E-state index >= 15 is 0 Å². The van der Waals surface area contributed by atoms with E-state index in [4.69, 9.17) is 14.2 Å². The molecule has 0 aromatic heterocycles. The first-order chi connectivity index (χ1) is 12.6. The van der Waals surface area contributed by atoms with Crippen LogP contribution < -0.4 is 19.5 Å². The van der Waals surface area contributed by atoms with Gasteiger partial charge >= 0.3 is 0 Å². The molecule has 140 valence electrons. The molecule has 5 nitrogen and oxygen atoms in total. The van der Waals surface area contributed by atoms with Gasteiger partial charge < -0.3 is 19.5 Å². The van der Waals surface area contributed by atoms with Gasteiger partial charge in [-0.05, 0) is 57.0 Å². The Bertz CT molecular complexity index is 698. The highest BCUT2D eigenvalue weighted by Crippen LogP contribution is 2.28. The lowest BCUT2D eigenvalue weighted by Crippen LogP contribution is -2.30. The van der Waals surface area contributed by atoms with E-state index in [1.807, 2.05) is 63.2 Å². The van der Waals surface area contributed by atoms with E-state index in [1.54, 1.807) is 0 Å². The molecule has 2 aromatic carbocycles. The number of amides is 1. The van der Waals surface area contributed by atoms with Crippen molar-refractivity contribution in [1.29, 1.82) is 0 Å². The number of rotatable bonds is 10. The summed E-state index contributed by atoms with van der Waals surface area (Å²) < 4.78 is 16.6. The fourth-order valence-electron chi connectivity index (χ4n) is 2.43. The summed E-state index contributed by atoms with van der Waals surface area (Å²) in [6.07, 6.45) is 0.711. The third kappa shape index (κ3) is 6.31. The predicted molar refractivity (Wildman–Crippen MR) is 102 cm³/mol. The molecule has 2 aromatic rings. The second kappa shape index (κ2) is 10.3. The quantitative estimate of drug-likeness (QED) is 0.707. The predicted octanol–water partition coefficient (Wildman–Crippen LogP) is 3.53. The smallest absolute Gasteiger partial charge is 0.257 e. The Morgan fingerprint density at radius 1 is 0.923 bits per heavy atom. The fourth-order valence-corrected chi connectivity index (χ4v) is 2.43. The number of carbonyl (C=O) groups excluding carboxylic acids is 1. The van der Waals surface area contributed by atoms with Crippen LogP contribution in [0.1, 0.15) is 25.0 Å². The lowest BCUT2D eigenvalue weighted by atomic mass is 10.1. The summed E-state index contributed by atoms with van der Waals surface area (Å²) in [6.45, 7) is 7.61. The minimum atomic E-state index is -0.137. The van der Waals surface area contributed by atoms with E-state index in [9.17, 15) is 4.79 Å². The van der Waals surface area contributed by atoms with Gasteiger partial charge in [0.05, 0.1) is 13.2 Å². The van der Waals surface area contributed by atoms with Crippen LogP contribution in [0.5, 0.6) is 17.2 Å².